The van der Waals surface area contributed by atoms with Gasteiger partial charge in [0.05, 0.1) is 12.2 Å². The molecule has 8 heteroatoms. The normalized spacial score (nSPS) is 19.6. The molecular weight excluding hydrogens is 434 g/mol. The first kappa shape index (κ1) is 22.4. The Morgan fingerprint density at radius 2 is 2.00 bits per heavy atom. The van der Waals surface area contributed by atoms with Gasteiger partial charge < -0.3 is 19.4 Å². The lowest BCUT2D eigenvalue weighted by molar-refractivity contribution is -0.134. The van der Waals surface area contributed by atoms with Crippen molar-refractivity contribution in [2.75, 3.05) is 26.2 Å². The number of amides is 3. The molecule has 0 aliphatic carbocycles. The largest absolute Gasteiger partial charge is 0.492 e. The van der Waals surface area contributed by atoms with E-state index in [0.717, 1.165) is 65.5 Å². The number of benzene rings is 2. The van der Waals surface area contributed by atoms with Crippen molar-refractivity contribution in [1.82, 2.24) is 15.5 Å². The molecule has 2 N–H and O–H groups in total. The number of ether oxygens (including phenoxy) is 1. The quantitative estimate of drug-likeness (QED) is 0.430. The number of hydrogen-bond donors (Lipinski definition) is 2. The zero-order chi connectivity index (χ0) is 23.7. The Morgan fingerprint density at radius 3 is 2.76 bits per heavy atom. The Kier molecular flexibility index (Phi) is 6.24. The smallest absolute Gasteiger partial charge is 0.234 e. The summed E-state index contributed by atoms with van der Waals surface area (Å²) in [5.74, 6) is 0.0436. The first-order valence-electron chi connectivity index (χ1n) is 11.9. The van der Waals surface area contributed by atoms with Crippen molar-refractivity contribution in [3.63, 3.8) is 0 Å². The fourth-order valence-electron chi connectivity index (χ4n) is 5.04. The van der Waals surface area contributed by atoms with E-state index < -0.39 is 5.92 Å². The van der Waals surface area contributed by atoms with E-state index in [0.29, 0.717) is 25.5 Å². The minimum absolute atomic E-state index is 0.148. The van der Waals surface area contributed by atoms with Crippen LogP contribution >= 0.6 is 0 Å². The summed E-state index contributed by atoms with van der Waals surface area (Å²) in [5, 5.41) is 8.87. The maximum absolute atomic E-state index is 12.4. The first-order valence-corrected chi connectivity index (χ1v) is 11.9. The van der Waals surface area contributed by atoms with Crippen molar-refractivity contribution < 1.29 is 23.5 Å². The Morgan fingerprint density at radius 1 is 1.18 bits per heavy atom. The molecule has 178 valence electrons. The van der Waals surface area contributed by atoms with Crippen molar-refractivity contribution >= 4 is 39.5 Å². The number of nitrogens with zero attached hydrogens (tertiary/aromatic N) is 1. The van der Waals surface area contributed by atoms with E-state index in [1.165, 1.54) is 0 Å². The fourth-order valence-corrected chi connectivity index (χ4v) is 5.04. The predicted molar refractivity (Wildman–Crippen MR) is 128 cm³/mol. The maximum Gasteiger partial charge on any atom is 0.234 e. The molecule has 1 aromatic heterocycles. The molecule has 8 nitrogen and oxygen atoms in total. The van der Waals surface area contributed by atoms with E-state index in [2.05, 4.69) is 10.6 Å². The molecule has 5 rings (SSSR count). The molecule has 3 heterocycles. The number of nitrogens with one attached hydrogen (secondary N) is 2. The molecular formula is C26H29N3O5. The van der Waals surface area contributed by atoms with Gasteiger partial charge in [0.25, 0.3) is 0 Å². The summed E-state index contributed by atoms with van der Waals surface area (Å²) in [7, 11) is 0. The van der Waals surface area contributed by atoms with Crippen molar-refractivity contribution in [1.29, 1.82) is 0 Å². The van der Waals surface area contributed by atoms with Gasteiger partial charge in [-0.25, -0.2) is 0 Å². The number of carbonyl (C=O) groups is 3. The third-order valence-corrected chi connectivity index (χ3v) is 6.91. The monoisotopic (exact) mass is 463 g/mol. The summed E-state index contributed by atoms with van der Waals surface area (Å²) < 4.78 is 11.7. The highest BCUT2D eigenvalue weighted by atomic mass is 16.5. The predicted octanol–water partition coefficient (Wildman–Crippen LogP) is 3.09. The van der Waals surface area contributed by atoms with Crippen LogP contribution in [0.3, 0.4) is 0 Å². The average molecular weight is 464 g/mol. The molecule has 2 aromatic carbocycles. The van der Waals surface area contributed by atoms with Gasteiger partial charge in [-0.3, -0.25) is 19.7 Å². The highest BCUT2D eigenvalue weighted by molar-refractivity contribution is 6.10. The Hall–Kier alpha value is -3.39. The Bertz CT molecular complexity index is 1240. The van der Waals surface area contributed by atoms with Gasteiger partial charge in [0, 0.05) is 50.0 Å². The van der Waals surface area contributed by atoms with Crippen LogP contribution in [0.5, 0.6) is 5.75 Å². The second kappa shape index (κ2) is 9.46. The van der Waals surface area contributed by atoms with Gasteiger partial charge in [-0.05, 0) is 54.3 Å². The molecule has 3 aromatic rings. The summed E-state index contributed by atoms with van der Waals surface area (Å²) in [6, 6.07) is 10.3. The van der Waals surface area contributed by atoms with E-state index in [4.69, 9.17) is 9.15 Å². The van der Waals surface area contributed by atoms with E-state index in [9.17, 15) is 14.4 Å². The van der Waals surface area contributed by atoms with Crippen molar-refractivity contribution in [3.8, 4) is 5.75 Å². The summed E-state index contributed by atoms with van der Waals surface area (Å²) in [6.07, 6.45) is 4.38. The molecule has 2 saturated heterocycles. The van der Waals surface area contributed by atoms with Crippen LogP contribution in [0.15, 0.2) is 41.0 Å². The summed E-state index contributed by atoms with van der Waals surface area (Å²) in [4.78, 5) is 37.3. The Labute approximate surface area is 197 Å². The lowest BCUT2D eigenvalue weighted by atomic mass is 9.89. The van der Waals surface area contributed by atoms with E-state index >= 15 is 0 Å². The van der Waals surface area contributed by atoms with E-state index in [1.54, 1.807) is 13.2 Å². The molecule has 0 saturated carbocycles. The number of furan rings is 1. The zero-order valence-electron chi connectivity index (χ0n) is 19.3. The molecule has 0 bridgehead atoms. The lowest BCUT2D eigenvalue weighted by Gasteiger charge is -2.31. The van der Waals surface area contributed by atoms with Gasteiger partial charge >= 0.3 is 0 Å². The van der Waals surface area contributed by atoms with E-state index in [-0.39, 0.29) is 17.7 Å². The van der Waals surface area contributed by atoms with Crippen LogP contribution in [0, 0.1) is 0 Å². The number of imide groups is 1. The van der Waals surface area contributed by atoms with Gasteiger partial charge in [0.1, 0.15) is 17.9 Å². The lowest BCUT2D eigenvalue weighted by Crippen LogP contribution is -2.45. The van der Waals surface area contributed by atoms with E-state index in [1.807, 2.05) is 35.2 Å². The number of fused-ring (bicyclic) bond motifs is 3. The molecule has 0 spiro atoms. The molecule has 1 atom stereocenters. The number of carbonyl (C=O) groups excluding carboxylic acids is 3. The van der Waals surface area contributed by atoms with Crippen LogP contribution in [0.25, 0.3) is 21.7 Å². The van der Waals surface area contributed by atoms with Gasteiger partial charge in [-0.1, -0.05) is 6.07 Å². The van der Waals surface area contributed by atoms with Crippen LogP contribution in [0.1, 0.15) is 44.1 Å². The van der Waals surface area contributed by atoms with Crippen LogP contribution in [-0.4, -0.2) is 54.9 Å². The van der Waals surface area contributed by atoms with Gasteiger partial charge in [0.2, 0.25) is 17.7 Å². The topological polar surface area (TPSA) is 101 Å². The highest BCUT2D eigenvalue weighted by Crippen LogP contribution is 2.37. The summed E-state index contributed by atoms with van der Waals surface area (Å²) in [6.45, 7) is 4.53. The number of rotatable bonds is 6. The van der Waals surface area contributed by atoms with Crippen LogP contribution in [0.2, 0.25) is 0 Å². The zero-order valence-corrected chi connectivity index (χ0v) is 19.3. The SMILES string of the molecule is CC(=O)N1CCC(NCCOc2ccc3c(ccc4occ([C@H]5CCC(=O)NC5=O)c43)c2)CC1. The maximum atomic E-state index is 12.4. The molecule has 2 fully saturated rings. The van der Waals surface area contributed by atoms with Crippen molar-refractivity contribution in [2.24, 2.45) is 0 Å². The molecule has 0 unspecified atom stereocenters. The number of likely N-dealkylation sites (tertiary alicyclic amines) is 1. The van der Waals surface area contributed by atoms with Crippen LogP contribution in [-0.2, 0) is 14.4 Å². The molecule has 3 amide bonds. The minimum Gasteiger partial charge on any atom is -0.492 e. The second-order valence-electron chi connectivity index (χ2n) is 9.10. The average Bonchev–Trinajstić information content (AvgIpc) is 3.26. The third-order valence-electron chi connectivity index (χ3n) is 6.91. The third kappa shape index (κ3) is 4.50. The van der Waals surface area contributed by atoms with Crippen LogP contribution < -0.4 is 15.4 Å². The van der Waals surface area contributed by atoms with Gasteiger partial charge in [-0.2, -0.15) is 0 Å². The molecule has 0 radical (unpaired) electrons. The van der Waals surface area contributed by atoms with Gasteiger partial charge in [-0.15, -0.1) is 0 Å². The minimum atomic E-state index is -0.395. The van der Waals surface area contributed by atoms with Crippen molar-refractivity contribution in [2.45, 2.75) is 44.6 Å². The molecule has 34 heavy (non-hydrogen) atoms. The van der Waals surface area contributed by atoms with Gasteiger partial charge in [0.15, 0.2) is 0 Å². The first-order chi connectivity index (χ1) is 16.5. The summed E-state index contributed by atoms with van der Waals surface area (Å²) >= 11 is 0. The number of hydrogen-bond acceptors (Lipinski definition) is 6. The molecule has 2 aliphatic heterocycles. The summed E-state index contributed by atoms with van der Waals surface area (Å²) in [5.41, 5.74) is 1.54. The van der Waals surface area contributed by atoms with Crippen molar-refractivity contribution in [3.05, 3.63) is 42.2 Å². The second-order valence-corrected chi connectivity index (χ2v) is 9.10. The Balaban J connectivity index is 1.24. The standard InChI is InChI=1S/C26H29N3O5/c1-16(30)29-11-8-18(9-12-29)27-10-13-33-19-3-4-20-17(14-19)2-6-23-25(20)22(15-34-23)21-5-7-24(31)28-26(21)32/h2-4,6,14-15,18,21,27H,5,7-13H2,1H3,(H,28,31,32)/t21-/m1/s1. The number of piperidine rings is 2. The molecule has 2 aliphatic rings. The van der Waals surface area contributed by atoms with Crippen LogP contribution in [0.4, 0.5) is 0 Å². The fraction of sp³-hybridized carbons (Fsp3) is 0.423. The highest BCUT2D eigenvalue weighted by Gasteiger charge is 2.31.